The van der Waals surface area contributed by atoms with E-state index in [9.17, 15) is 0 Å². The zero-order valence-electron chi connectivity index (χ0n) is 19.0. The molecule has 0 spiro atoms. The number of rotatable bonds is 8. The predicted octanol–water partition coefficient (Wildman–Crippen LogP) is 4.09. The van der Waals surface area contributed by atoms with E-state index in [-0.39, 0.29) is 17.5 Å². The summed E-state index contributed by atoms with van der Waals surface area (Å²) in [5.74, 6) is 1.32. The van der Waals surface area contributed by atoms with Gasteiger partial charge in [0, 0.05) is 5.02 Å². The summed E-state index contributed by atoms with van der Waals surface area (Å²) in [4.78, 5) is 4.14. The highest BCUT2D eigenvalue weighted by Crippen LogP contribution is 2.41. The van der Waals surface area contributed by atoms with Gasteiger partial charge < -0.3 is 10.1 Å². The fraction of sp³-hybridized carbons (Fsp3) is 0.348. The predicted molar refractivity (Wildman–Crippen MR) is 125 cm³/mol. The average Bonchev–Trinajstić information content (AvgIpc) is 3.48. The summed E-state index contributed by atoms with van der Waals surface area (Å²) in [6.07, 6.45) is 2.54. The van der Waals surface area contributed by atoms with Gasteiger partial charge in [0.05, 0.1) is 6.04 Å². The van der Waals surface area contributed by atoms with Crippen molar-refractivity contribution in [2.24, 2.45) is 5.41 Å². The smallest absolute Gasteiger partial charge is 0.215 e. The van der Waals surface area contributed by atoms with Gasteiger partial charge >= 0.3 is 0 Å². The highest BCUT2D eigenvalue weighted by atomic mass is 35.5. The van der Waals surface area contributed by atoms with E-state index >= 15 is 0 Å². The fourth-order valence-corrected chi connectivity index (χ4v) is 3.98. The van der Waals surface area contributed by atoms with Crippen LogP contribution >= 0.6 is 11.6 Å². The van der Waals surface area contributed by atoms with Crippen molar-refractivity contribution in [3.8, 4) is 5.75 Å². The number of hydrogen-bond donors (Lipinski definition) is 1. The Hall–Kier alpha value is -3.30. The zero-order valence-corrected chi connectivity index (χ0v) is 19.8. The molecule has 0 aliphatic heterocycles. The van der Waals surface area contributed by atoms with Crippen LogP contribution in [0.2, 0.25) is 5.02 Å². The van der Waals surface area contributed by atoms with E-state index in [1.165, 1.54) is 6.33 Å². The summed E-state index contributed by atoms with van der Waals surface area (Å²) in [6.45, 7) is 6.36. The van der Waals surface area contributed by atoms with Crippen LogP contribution < -0.4 is 10.1 Å². The molecule has 33 heavy (non-hydrogen) atoms. The molecule has 1 N–H and O–H groups in total. The topological polar surface area (TPSA) is 95.6 Å². The first kappa shape index (κ1) is 22.9. The maximum atomic E-state index is 6.47. The number of halogens is 1. The molecule has 0 aliphatic carbocycles. The first-order valence-electron chi connectivity index (χ1n) is 10.6. The number of ether oxygens (including phenoxy) is 1. The summed E-state index contributed by atoms with van der Waals surface area (Å²) in [5.41, 5.74) is 0.738. The second-order valence-electron chi connectivity index (χ2n) is 8.76. The van der Waals surface area contributed by atoms with Crippen molar-refractivity contribution in [2.45, 2.75) is 39.1 Å². The van der Waals surface area contributed by atoms with Crippen molar-refractivity contribution in [3.05, 3.63) is 83.7 Å². The van der Waals surface area contributed by atoms with Crippen molar-refractivity contribution in [2.75, 3.05) is 7.05 Å². The van der Waals surface area contributed by atoms with Crippen LogP contribution in [0.5, 0.6) is 5.75 Å². The van der Waals surface area contributed by atoms with Crippen molar-refractivity contribution in [3.63, 3.8) is 0 Å². The highest BCUT2D eigenvalue weighted by molar-refractivity contribution is 6.30. The number of benzene rings is 2. The Morgan fingerprint density at radius 1 is 1.03 bits per heavy atom. The van der Waals surface area contributed by atoms with Crippen LogP contribution in [-0.2, 0) is 0 Å². The summed E-state index contributed by atoms with van der Waals surface area (Å²) in [6, 6.07) is 16.8. The zero-order chi connectivity index (χ0) is 23.4. The van der Waals surface area contributed by atoms with Gasteiger partial charge in [0.2, 0.25) is 6.23 Å². The molecule has 3 atom stereocenters. The van der Waals surface area contributed by atoms with Gasteiger partial charge in [-0.2, -0.15) is 5.10 Å². The monoisotopic (exact) mass is 466 g/mol. The molecular weight excluding hydrogens is 440 g/mol. The molecule has 10 heteroatoms. The summed E-state index contributed by atoms with van der Waals surface area (Å²) in [7, 11) is 1.89. The molecule has 4 rings (SSSR count). The van der Waals surface area contributed by atoms with Crippen molar-refractivity contribution in [1.29, 1.82) is 0 Å². The Balaban J connectivity index is 1.81. The number of aromatic nitrogens is 7. The molecule has 0 aliphatic rings. The Morgan fingerprint density at radius 3 is 2.36 bits per heavy atom. The van der Waals surface area contributed by atoms with E-state index in [2.05, 4.69) is 51.7 Å². The Bertz CT molecular complexity index is 1140. The molecular formula is C23H27ClN8O. The minimum Gasteiger partial charge on any atom is -0.466 e. The van der Waals surface area contributed by atoms with E-state index in [0.29, 0.717) is 16.6 Å². The largest absolute Gasteiger partial charge is 0.466 e. The van der Waals surface area contributed by atoms with Crippen molar-refractivity contribution >= 4 is 11.6 Å². The molecule has 2 aromatic heterocycles. The maximum absolute atomic E-state index is 6.47. The molecule has 0 fully saturated rings. The van der Waals surface area contributed by atoms with Gasteiger partial charge in [0.25, 0.3) is 0 Å². The third-order valence-electron chi connectivity index (χ3n) is 5.39. The normalized spacial score (nSPS) is 14.6. The van der Waals surface area contributed by atoms with Crippen LogP contribution in [0.3, 0.4) is 0 Å². The summed E-state index contributed by atoms with van der Waals surface area (Å²) in [5, 5.41) is 21.2. The SMILES string of the molecule is CN[C@H](c1ccccc1)c1nnnn1[C@H]([C@H](Oc1ccc(Cl)cc1)n1cncn1)C(C)(C)C. The quantitative estimate of drug-likeness (QED) is 0.417. The number of tetrazole rings is 1. The van der Waals surface area contributed by atoms with Gasteiger partial charge in [0.1, 0.15) is 24.4 Å². The minimum atomic E-state index is -0.579. The molecule has 0 saturated carbocycles. The van der Waals surface area contributed by atoms with E-state index < -0.39 is 6.23 Å². The highest BCUT2D eigenvalue weighted by Gasteiger charge is 2.41. The van der Waals surface area contributed by atoms with Gasteiger partial charge in [0.15, 0.2) is 5.82 Å². The second-order valence-corrected chi connectivity index (χ2v) is 9.20. The summed E-state index contributed by atoms with van der Waals surface area (Å²) < 4.78 is 9.98. The van der Waals surface area contributed by atoms with E-state index in [0.717, 1.165) is 5.56 Å². The van der Waals surface area contributed by atoms with Crippen molar-refractivity contribution in [1.82, 2.24) is 40.3 Å². The third-order valence-corrected chi connectivity index (χ3v) is 5.64. The van der Waals surface area contributed by atoms with E-state index in [1.54, 1.807) is 23.1 Å². The van der Waals surface area contributed by atoms with Crippen LogP contribution in [-0.4, -0.2) is 42.0 Å². The van der Waals surface area contributed by atoms with Crippen LogP contribution in [0, 0.1) is 5.41 Å². The van der Waals surface area contributed by atoms with Crippen LogP contribution in [0.25, 0.3) is 0 Å². The minimum absolute atomic E-state index is 0.210. The third kappa shape index (κ3) is 5.04. The lowest BCUT2D eigenvalue weighted by Crippen LogP contribution is -2.39. The molecule has 2 heterocycles. The second kappa shape index (κ2) is 9.68. The molecule has 4 aromatic rings. The number of nitrogens with zero attached hydrogens (tertiary/aromatic N) is 7. The standard InChI is InChI=1S/C23H27ClN8O/c1-23(2,3)20(22(31-15-26-14-27-31)33-18-12-10-17(24)11-13-18)32-21(28-29-30-32)19(25-4)16-8-6-5-7-9-16/h5-15,19-20,22,25H,1-4H3/t19-,20-,22+/m1/s1. The molecule has 0 amide bonds. The summed E-state index contributed by atoms with van der Waals surface area (Å²) >= 11 is 6.07. The van der Waals surface area contributed by atoms with E-state index in [4.69, 9.17) is 16.3 Å². The van der Waals surface area contributed by atoms with Gasteiger partial charge in [-0.05, 0) is 52.7 Å². The van der Waals surface area contributed by atoms with Gasteiger partial charge in [-0.15, -0.1) is 5.10 Å². The Kier molecular flexibility index (Phi) is 6.71. The van der Waals surface area contributed by atoms with Gasteiger partial charge in [-0.25, -0.2) is 14.3 Å². The maximum Gasteiger partial charge on any atom is 0.215 e. The molecule has 2 aromatic carbocycles. The molecule has 0 radical (unpaired) electrons. The van der Waals surface area contributed by atoms with Gasteiger partial charge in [-0.1, -0.05) is 62.7 Å². The fourth-order valence-electron chi connectivity index (χ4n) is 3.86. The number of hydrogen-bond acceptors (Lipinski definition) is 7. The lowest BCUT2D eigenvalue weighted by Gasteiger charge is -2.37. The van der Waals surface area contributed by atoms with E-state index in [1.807, 2.05) is 54.2 Å². The molecule has 172 valence electrons. The van der Waals surface area contributed by atoms with Crippen LogP contribution in [0.4, 0.5) is 0 Å². The Morgan fingerprint density at radius 2 is 1.76 bits per heavy atom. The first-order chi connectivity index (χ1) is 15.9. The molecule has 9 nitrogen and oxygen atoms in total. The lowest BCUT2D eigenvalue weighted by atomic mass is 9.85. The molecule has 0 bridgehead atoms. The number of nitrogens with one attached hydrogen (secondary N) is 1. The first-order valence-corrected chi connectivity index (χ1v) is 11.0. The van der Waals surface area contributed by atoms with Crippen molar-refractivity contribution < 1.29 is 4.74 Å². The molecule has 0 saturated heterocycles. The average molecular weight is 467 g/mol. The lowest BCUT2D eigenvalue weighted by molar-refractivity contribution is -0.000729. The molecule has 0 unspecified atom stereocenters. The van der Waals surface area contributed by atoms with Gasteiger partial charge in [-0.3, -0.25) is 0 Å². The Labute approximate surface area is 197 Å². The van der Waals surface area contributed by atoms with Crippen LogP contribution in [0.15, 0.2) is 67.3 Å². The van der Waals surface area contributed by atoms with Crippen LogP contribution in [0.1, 0.15) is 50.5 Å².